The lowest BCUT2D eigenvalue weighted by Gasteiger charge is -2.31. The number of amides is 1. The van der Waals surface area contributed by atoms with E-state index in [2.05, 4.69) is 21.1 Å². The van der Waals surface area contributed by atoms with E-state index in [1.807, 2.05) is 46.7 Å². The monoisotopic (exact) mass is 468 g/mol. The van der Waals surface area contributed by atoms with E-state index in [1.165, 1.54) is 19.2 Å². The lowest BCUT2D eigenvalue weighted by Crippen LogP contribution is -2.40. The van der Waals surface area contributed by atoms with Gasteiger partial charge in [-0.2, -0.15) is 5.10 Å². The van der Waals surface area contributed by atoms with Crippen LogP contribution in [0.4, 0.5) is 0 Å². The highest BCUT2D eigenvalue weighted by molar-refractivity contribution is 5.94. The standard InChI is InChI=1S/C27H28N6O2/c1-18-5-8-22-21(3-2-4-24(22)30-18)23-13-20-15-31(26(34)10-12-32-17-28-16-29-32)11-9-25(20)33(27(23)35)14-19-6-7-19/h2-5,8,13,16-17,19H,6-7,9-12,14-15H2,1H3. The Morgan fingerprint density at radius 2 is 2.03 bits per heavy atom. The van der Waals surface area contributed by atoms with Gasteiger partial charge in [-0.25, -0.2) is 4.98 Å². The molecule has 1 aliphatic heterocycles. The summed E-state index contributed by atoms with van der Waals surface area (Å²) in [7, 11) is 0. The van der Waals surface area contributed by atoms with Gasteiger partial charge in [0.1, 0.15) is 12.7 Å². The summed E-state index contributed by atoms with van der Waals surface area (Å²) in [6.45, 7) is 4.40. The molecule has 6 rings (SSSR count). The molecule has 3 aromatic heterocycles. The van der Waals surface area contributed by atoms with Crippen LogP contribution in [0.1, 0.15) is 36.2 Å². The third-order valence-electron chi connectivity index (χ3n) is 7.14. The van der Waals surface area contributed by atoms with Crippen LogP contribution in [0.3, 0.4) is 0 Å². The Labute approximate surface area is 203 Å². The molecule has 0 N–H and O–H groups in total. The van der Waals surface area contributed by atoms with Gasteiger partial charge in [-0.05, 0) is 55.0 Å². The van der Waals surface area contributed by atoms with E-state index in [-0.39, 0.29) is 11.5 Å². The summed E-state index contributed by atoms with van der Waals surface area (Å²) in [4.78, 5) is 37.3. The van der Waals surface area contributed by atoms with Crippen LogP contribution < -0.4 is 5.56 Å². The number of hydrogen-bond acceptors (Lipinski definition) is 5. The molecule has 1 saturated carbocycles. The first-order valence-corrected chi connectivity index (χ1v) is 12.3. The minimum Gasteiger partial charge on any atom is -0.338 e. The van der Waals surface area contributed by atoms with Crippen molar-refractivity contribution in [3.63, 3.8) is 0 Å². The molecule has 0 radical (unpaired) electrons. The van der Waals surface area contributed by atoms with E-state index in [0.717, 1.165) is 40.0 Å². The molecule has 4 aromatic rings. The number of aromatic nitrogens is 5. The van der Waals surface area contributed by atoms with Gasteiger partial charge in [0, 0.05) is 54.8 Å². The second-order valence-corrected chi connectivity index (χ2v) is 9.69. The van der Waals surface area contributed by atoms with Crippen LogP contribution in [0.25, 0.3) is 22.0 Å². The van der Waals surface area contributed by atoms with Crippen molar-refractivity contribution in [3.8, 4) is 11.1 Å². The van der Waals surface area contributed by atoms with E-state index in [9.17, 15) is 9.59 Å². The van der Waals surface area contributed by atoms with Gasteiger partial charge in [-0.3, -0.25) is 19.3 Å². The van der Waals surface area contributed by atoms with Gasteiger partial charge in [0.05, 0.1) is 12.1 Å². The zero-order chi connectivity index (χ0) is 23.9. The quantitative estimate of drug-likeness (QED) is 0.433. The minimum absolute atomic E-state index is 0.0645. The molecule has 0 spiro atoms. The molecule has 178 valence electrons. The van der Waals surface area contributed by atoms with Gasteiger partial charge in [0.2, 0.25) is 5.91 Å². The number of carbonyl (C=O) groups excluding carboxylic acids is 1. The van der Waals surface area contributed by atoms with Crippen molar-refractivity contribution in [2.24, 2.45) is 5.92 Å². The predicted octanol–water partition coefficient (Wildman–Crippen LogP) is 3.35. The fraction of sp³-hybridized carbons (Fsp3) is 0.370. The zero-order valence-electron chi connectivity index (χ0n) is 19.9. The minimum atomic E-state index is 0.0645. The summed E-state index contributed by atoms with van der Waals surface area (Å²) in [5, 5.41) is 5.07. The lowest BCUT2D eigenvalue weighted by atomic mass is 9.96. The number of hydrogen-bond donors (Lipinski definition) is 0. The third kappa shape index (κ3) is 4.24. The number of pyridine rings is 2. The Kier molecular flexibility index (Phi) is 5.43. The van der Waals surface area contributed by atoms with E-state index >= 15 is 0 Å². The Morgan fingerprint density at radius 3 is 2.83 bits per heavy atom. The van der Waals surface area contributed by atoms with Gasteiger partial charge in [0.15, 0.2) is 0 Å². The van der Waals surface area contributed by atoms with Crippen LogP contribution >= 0.6 is 0 Å². The van der Waals surface area contributed by atoms with Crippen LogP contribution in [0.2, 0.25) is 0 Å². The maximum absolute atomic E-state index is 13.8. The average molecular weight is 469 g/mol. The highest BCUT2D eigenvalue weighted by Crippen LogP contribution is 2.33. The van der Waals surface area contributed by atoms with E-state index in [1.54, 1.807) is 11.0 Å². The van der Waals surface area contributed by atoms with Crippen LogP contribution in [-0.4, -0.2) is 41.7 Å². The number of carbonyl (C=O) groups is 1. The smallest absolute Gasteiger partial charge is 0.258 e. The molecule has 8 heteroatoms. The number of benzene rings is 1. The van der Waals surface area contributed by atoms with Crippen molar-refractivity contribution in [2.45, 2.75) is 52.2 Å². The number of aryl methyl sites for hydroxylation is 2. The SMILES string of the molecule is Cc1ccc2c(-c3cc4c(n(CC5CC5)c3=O)CCN(C(=O)CCn3cncn3)C4)cccc2n1. The Morgan fingerprint density at radius 1 is 1.14 bits per heavy atom. The van der Waals surface area contributed by atoms with E-state index in [0.29, 0.717) is 44.0 Å². The van der Waals surface area contributed by atoms with Gasteiger partial charge in [0.25, 0.3) is 5.56 Å². The maximum atomic E-state index is 13.8. The Hall–Kier alpha value is -3.81. The average Bonchev–Trinajstić information content (AvgIpc) is 3.54. The fourth-order valence-corrected chi connectivity index (χ4v) is 5.08. The molecule has 35 heavy (non-hydrogen) atoms. The second-order valence-electron chi connectivity index (χ2n) is 9.69. The van der Waals surface area contributed by atoms with Crippen LogP contribution in [0.5, 0.6) is 0 Å². The number of fused-ring (bicyclic) bond motifs is 2. The van der Waals surface area contributed by atoms with Crippen molar-refractivity contribution < 1.29 is 4.79 Å². The van der Waals surface area contributed by atoms with Crippen molar-refractivity contribution in [1.29, 1.82) is 0 Å². The largest absolute Gasteiger partial charge is 0.338 e. The number of nitrogens with zero attached hydrogens (tertiary/aromatic N) is 6. The van der Waals surface area contributed by atoms with Crippen molar-refractivity contribution in [1.82, 2.24) is 29.2 Å². The van der Waals surface area contributed by atoms with E-state index < -0.39 is 0 Å². The maximum Gasteiger partial charge on any atom is 0.258 e. The van der Waals surface area contributed by atoms with Gasteiger partial charge < -0.3 is 9.47 Å². The Bertz CT molecular complexity index is 1470. The summed E-state index contributed by atoms with van der Waals surface area (Å²) in [6, 6.07) is 12.0. The molecule has 2 aliphatic rings. The van der Waals surface area contributed by atoms with Crippen molar-refractivity contribution >= 4 is 16.8 Å². The van der Waals surface area contributed by atoms with Crippen LogP contribution in [0, 0.1) is 12.8 Å². The summed E-state index contributed by atoms with van der Waals surface area (Å²) in [5.41, 5.74) is 5.65. The summed E-state index contributed by atoms with van der Waals surface area (Å²) >= 11 is 0. The molecule has 8 nitrogen and oxygen atoms in total. The van der Waals surface area contributed by atoms with E-state index in [4.69, 9.17) is 0 Å². The molecular formula is C27H28N6O2. The topological polar surface area (TPSA) is 85.9 Å². The molecule has 4 heterocycles. The third-order valence-corrected chi connectivity index (χ3v) is 7.14. The number of rotatable bonds is 6. The molecule has 1 aliphatic carbocycles. The highest BCUT2D eigenvalue weighted by atomic mass is 16.2. The molecule has 1 fully saturated rings. The lowest BCUT2D eigenvalue weighted by molar-refractivity contribution is -0.132. The molecule has 1 aromatic carbocycles. The Balaban J connectivity index is 1.38. The first-order chi connectivity index (χ1) is 17.1. The summed E-state index contributed by atoms with van der Waals surface area (Å²) < 4.78 is 3.68. The molecule has 0 saturated heterocycles. The second kappa shape index (κ2) is 8.76. The van der Waals surface area contributed by atoms with Gasteiger partial charge >= 0.3 is 0 Å². The summed E-state index contributed by atoms with van der Waals surface area (Å²) in [6.07, 6.45) is 6.53. The van der Waals surface area contributed by atoms with Crippen LogP contribution in [0.15, 0.2) is 53.8 Å². The van der Waals surface area contributed by atoms with Crippen molar-refractivity contribution in [3.05, 3.63) is 76.4 Å². The van der Waals surface area contributed by atoms with Gasteiger partial charge in [-0.15, -0.1) is 0 Å². The molecule has 0 bridgehead atoms. The first-order valence-electron chi connectivity index (χ1n) is 12.3. The van der Waals surface area contributed by atoms with Crippen LogP contribution in [-0.2, 0) is 30.8 Å². The predicted molar refractivity (Wildman–Crippen MR) is 133 cm³/mol. The fourth-order valence-electron chi connectivity index (χ4n) is 5.08. The first kappa shape index (κ1) is 21.7. The normalized spacial score (nSPS) is 15.4. The molecular weight excluding hydrogens is 440 g/mol. The van der Waals surface area contributed by atoms with Crippen molar-refractivity contribution in [2.75, 3.05) is 6.54 Å². The zero-order valence-corrected chi connectivity index (χ0v) is 19.9. The molecule has 0 atom stereocenters. The molecule has 1 amide bonds. The highest BCUT2D eigenvalue weighted by Gasteiger charge is 2.29. The van der Waals surface area contributed by atoms with Gasteiger partial charge in [-0.1, -0.05) is 18.2 Å². The molecule has 0 unspecified atom stereocenters. The summed E-state index contributed by atoms with van der Waals surface area (Å²) in [5.74, 6) is 0.670.